The summed E-state index contributed by atoms with van der Waals surface area (Å²) in [6.07, 6.45) is 2.14. The van der Waals surface area contributed by atoms with Crippen molar-refractivity contribution in [3.05, 3.63) is 35.1 Å². The molecule has 1 aliphatic rings. The Morgan fingerprint density at radius 2 is 1.86 bits per heavy atom. The summed E-state index contributed by atoms with van der Waals surface area (Å²) in [6, 6.07) is 3.21. The van der Waals surface area contributed by atoms with E-state index in [1.807, 2.05) is 4.90 Å². The van der Waals surface area contributed by atoms with Crippen LogP contribution in [0.15, 0.2) is 18.2 Å². The normalized spacial score (nSPS) is 14.5. The molecule has 1 aliphatic heterocycles. The second-order valence-corrected chi connectivity index (χ2v) is 5.01. The van der Waals surface area contributed by atoms with Crippen LogP contribution in [0.2, 0.25) is 5.28 Å². The van der Waals surface area contributed by atoms with E-state index >= 15 is 0 Å². The molecule has 2 heterocycles. The first-order chi connectivity index (χ1) is 10.1. The number of nitrogens with one attached hydrogen (secondary N) is 1. The van der Waals surface area contributed by atoms with Crippen LogP contribution in [0.1, 0.15) is 12.8 Å². The summed E-state index contributed by atoms with van der Waals surface area (Å²) in [7, 11) is 0. The zero-order chi connectivity index (χ0) is 14.8. The molecule has 1 N–H and O–H groups in total. The van der Waals surface area contributed by atoms with Crippen molar-refractivity contribution < 1.29 is 8.78 Å². The van der Waals surface area contributed by atoms with Gasteiger partial charge in [-0.15, -0.1) is 0 Å². The molecule has 3 rings (SSSR count). The molecule has 1 fully saturated rings. The summed E-state index contributed by atoms with van der Waals surface area (Å²) >= 11 is 5.88. The SMILES string of the molecule is Fc1ccc(Nc2nc(Cl)nc(N3CCCC3)n2)c(F)c1. The molecular formula is C13H12ClF2N5. The summed E-state index contributed by atoms with van der Waals surface area (Å²) in [5.41, 5.74) is 0.0750. The highest BCUT2D eigenvalue weighted by Crippen LogP contribution is 2.22. The Labute approximate surface area is 125 Å². The Hall–Kier alpha value is -2.02. The van der Waals surface area contributed by atoms with E-state index < -0.39 is 11.6 Å². The van der Waals surface area contributed by atoms with E-state index in [2.05, 4.69) is 20.3 Å². The van der Waals surface area contributed by atoms with Crippen LogP contribution in [0.5, 0.6) is 0 Å². The third-order valence-electron chi connectivity index (χ3n) is 3.16. The van der Waals surface area contributed by atoms with Crippen LogP contribution in [-0.4, -0.2) is 28.0 Å². The minimum absolute atomic E-state index is 0.0249. The Bertz CT molecular complexity index is 661. The van der Waals surface area contributed by atoms with Gasteiger partial charge in [-0.05, 0) is 36.6 Å². The lowest BCUT2D eigenvalue weighted by molar-refractivity contribution is 0.586. The van der Waals surface area contributed by atoms with Crippen molar-refractivity contribution in [1.82, 2.24) is 15.0 Å². The molecule has 1 aromatic heterocycles. The van der Waals surface area contributed by atoms with Gasteiger partial charge in [0, 0.05) is 19.2 Å². The fourth-order valence-corrected chi connectivity index (χ4v) is 2.32. The zero-order valence-corrected chi connectivity index (χ0v) is 11.7. The molecule has 0 spiro atoms. The van der Waals surface area contributed by atoms with Crippen LogP contribution in [0.25, 0.3) is 0 Å². The third-order valence-corrected chi connectivity index (χ3v) is 3.33. The Morgan fingerprint density at radius 1 is 1.10 bits per heavy atom. The van der Waals surface area contributed by atoms with Crippen molar-refractivity contribution in [2.24, 2.45) is 0 Å². The smallest absolute Gasteiger partial charge is 0.233 e. The molecular weight excluding hydrogens is 300 g/mol. The van der Waals surface area contributed by atoms with E-state index in [-0.39, 0.29) is 16.9 Å². The maximum Gasteiger partial charge on any atom is 0.233 e. The van der Waals surface area contributed by atoms with Crippen molar-refractivity contribution in [2.45, 2.75) is 12.8 Å². The molecule has 21 heavy (non-hydrogen) atoms. The highest BCUT2D eigenvalue weighted by Gasteiger charge is 2.17. The molecule has 0 aliphatic carbocycles. The standard InChI is InChI=1S/C13H12ClF2N5/c14-11-18-12(17-10-4-3-8(15)7-9(10)16)20-13(19-11)21-5-1-2-6-21/h3-4,7H,1-2,5-6H2,(H,17,18,19,20). The first-order valence-electron chi connectivity index (χ1n) is 6.50. The van der Waals surface area contributed by atoms with E-state index in [4.69, 9.17) is 11.6 Å². The van der Waals surface area contributed by atoms with Gasteiger partial charge in [-0.25, -0.2) is 8.78 Å². The minimum Gasteiger partial charge on any atom is -0.341 e. The average molecular weight is 312 g/mol. The van der Waals surface area contributed by atoms with Gasteiger partial charge in [0.25, 0.3) is 0 Å². The average Bonchev–Trinajstić information content (AvgIpc) is 2.95. The molecule has 0 amide bonds. The molecule has 0 bridgehead atoms. The van der Waals surface area contributed by atoms with Crippen LogP contribution in [0.3, 0.4) is 0 Å². The topological polar surface area (TPSA) is 53.9 Å². The van der Waals surface area contributed by atoms with Crippen LogP contribution >= 0.6 is 11.6 Å². The van der Waals surface area contributed by atoms with Crippen molar-refractivity contribution in [2.75, 3.05) is 23.3 Å². The summed E-state index contributed by atoms with van der Waals surface area (Å²) in [5.74, 6) is -0.793. The molecule has 0 radical (unpaired) electrons. The minimum atomic E-state index is -0.728. The van der Waals surface area contributed by atoms with Crippen LogP contribution in [-0.2, 0) is 0 Å². The van der Waals surface area contributed by atoms with Gasteiger partial charge in [0.2, 0.25) is 17.2 Å². The monoisotopic (exact) mass is 311 g/mol. The molecule has 110 valence electrons. The highest BCUT2D eigenvalue weighted by molar-refractivity contribution is 6.28. The Kier molecular flexibility index (Phi) is 3.83. The number of hydrogen-bond donors (Lipinski definition) is 1. The number of aromatic nitrogens is 3. The van der Waals surface area contributed by atoms with Gasteiger partial charge in [-0.2, -0.15) is 15.0 Å². The summed E-state index contributed by atoms with van der Waals surface area (Å²) < 4.78 is 26.5. The molecule has 0 atom stereocenters. The molecule has 0 unspecified atom stereocenters. The van der Waals surface area contributed by atoms with Crippen molar-refractivity contribution >= 4 is 29.2 Å². The Balaban J connectivity index is 1.87. The van der Waals surface area contributed by atoms with E-state index in [1.54, 1.807) is 0 Å². The fraction of sp³-hybridized carbons (Fsp3) is 0.308. The number of hydrogen-bond acceptors (Lipinski definition) is 5. The van der Waals surface area contributed by atoms with Gasteiger partial charge in [-0.1, -0.05) is 0 Å². The highest BCUT2D eigenvalue weighted by atomic mass is 35.5. The number of rotatable bonds is 3. The van der Waals surface area contributed by atoms with Crippen molar-refractivity contribution in [3.8, 4) is 0 Å². The number of benzene rings is 1. The predicted octanol–water partition coefficient (Wildman–Crippen LogP) is 3.15. The molecule has 1 saturated heterocycles. The second-order valence-electron chi connectivity index (χ2n) is 4.67. The zero-order valence-electron chi connectivity index (χ0n) is 11.0. The number of nitrogens with zero attached hydrogens (tertiary/aromatic N) is 4. The molecule has 2 aromatic rings. The molecule has 5 nitrogen and oxygen atoms in total. The third kappa shape index (κ3) is 3.18. The lowest BCUT2D eigenvalue weighted by atomic mass is 10.3. The Morgan fingerprint density at radius 3 is 2.57 bits per heavy atom. The lowest BCUT2D eigenvalue weighted by Gasteiger charge is -2.15. The van der Waals surface area contributed by atoms with Gasteiger partial charge in [0.05, 0.1) is 5.69 Å². The number of halogens is 3. The summed E-state index contributed by atoms with van der Waals surface area (Å²) in [5, 5.41) is 2.71. The van der Waals surface area contributed by atoms with E-state index in [9.17, 15) is 8.78 Å². The van der Waals surface area contributed by atoms with Crippen LogP contribution in [0, 0.1) is 11.6 Å². The van der Waals surface area contributed by atoms with Crippen molar-refractivity contribution in [1.29, 1.82) is 0 Å². The van der Waals surface area contributed by atoms with Gasteiger partial charge < -0.3 is 10.2 Å². The van der Waals surface area contributed by atoms with Gasteiger partial charge in [0.15, 0.2) is 0 Å². The van der Waals surface area contributed by atoms with Gasteiger partial charge in [-0.3, -0.25) is 0 Å². The maximum atomic E-state index is 13.6. The first-order valence-corrected chi connectivity index (χ1v) is 6.88. The van der Waals surface area contributed by atoms with Gasteiger partial charge in [0.1, 0.15) is 11.6 Å². The predicted molar refractivity (Wildman–Crippen MR) is 75.9 cm³/mol. The first kappa shape index (κ1) is 13.9. The lowest BCUT2D eigenvalue weighted by Crippen LogP contribution is -2.21. The fourth-order valence-electron chi connectivity index (χ4n) is 2.17. The number of anilines is 3. The van der Waals surface area contributed by atoms with E-state index in [0.29, 0.717) is 5.95 Å². The second kappa shape index (κ2) is 5.77. The van der Waals surface area contributed by atoms with Gasteiger partial charge >= 0.3 is 0 Å². The summed E-state index contributed by atoms with van der Waals surface area (Å²) in [6.45, 7) is 1.70. The molecule has 0 saturated carbocycles. The van der Waals surface area contributed by atoms with E-state index in [0.717, 1.165) is 38.1 Å². The quantitative estimate of drug-likeness (QED) is 0.943. The largest absolute Gasteiger partial charge is 0.341 e. The van der Waals surface area contributed by atoms with E-state index in [1.165, 1.54) is 6.07 Å². The van der Waals surface area contributed by atoms with Crippen molar-refractivity contribution in [3.63, 3.8) is 0 Å². The maximum absolute atomic E-state index is 13.6. The molecule has 1 aromatic carbocycles. The molecule has 8 heteroatoms. The summed E-state index contributed by atoms with van der Waals surface area (Å²) in [4.78, 5) is 14.2. The van der Waals surface area contributed by atoms with Crippen LogP contribution in [0.4, 0.5) is 26.4 Å². The van der Waals surface area contributed by atoms with Crippen LogP contribution < -0.4 is 10.2 Å².